The highest BCUT2D eigenvalue weighted by atomic mass is 32.2. The van der Waals surface area contributed by atoms with Gasteiger partial charge in [0.25, 0.3) is 10.1 Å². The topological polar surface area (TPSA) is 105 Å². The number of ether oxygens (including phenoxy) is 2. The molecule has 0 fully saturated rings. The number of phenolic OH excluding ortho intramolecular Hbond substituents is 1. The van der Waals surface area contributed by atoms with Crippen molar-refractivity contribution >= 4 is 32.3 Å². The predicted molar refractivity (Wildman–Crippen MR) is 98.3 cm³/mol. The van der Waals surface area contributed by atoms with E-state index in [1.807, 2.05) is 0 Å². The summed E-state index contributed by atoms with van der Waals surface area (Å²) in [6.07, 6.45) is 0. The number of rotatable bonds is 5. The van der Waals surface area contributed by atoms with Crippen molar-refractivity contribution in [1.29, 1.82) is 0 Å². The van der Waals surface area contributed by atoms with Gasteiger partial charge in [-0.3, -0.25) is 4.55 Å². The van der Waals surface area contributed by atoms with E-state index in [0.717, 1.165) is 6.07 Å². The molecule has 136 valence electrons. The van der Waals surface area contributed by atoms with Crippen molar-refractivity contribution in [2.75, 3.05) is 19.5 Å². The van der Waals surface area contributed by atoms with Crippen LogP contribution in [0.25, 0.3) is 10.8 Å². The van der Waals surface area contributed by atoms with Crippen LogP contribution in [0.5, 0.6) is 17.2 Å². The van der Waals surface area contributed by atoms with Crippen molar-refractivity contribution in [3.63, 3.8) is 0 Å². The van der Waals surface area contributed by atoms with Gasteiger partial charge in [-0.05, 0) is 41.8 Å². The van der Waals surface area contributed by atoms with E-state index in [-0.39, 0.29) is 10.6 Å². The Morgan fingerprint density at radius 1 is 0.962 bits per heavy atom. The van der Waals surface area contributed by atoms with Crippen molar-refractivity contribution in [1.82, 2.24) is 0 Å². The largest absolute Gasteiger partial charge is 0.507 e. The molecular weight excluding hydrogens is 358 g/mol. The van der Waals surface area contributed by atoms with Crippen LogP contribution in [0.4, 0.5) is 11.4 Å². The number of aromatic hydroxyl groups is 1. The van der Waals surface area contributed by atoms with Gasteiger partial charge >= 0.3 is 0 Å². The molecule has 0 saturated carbocycles. The molecule has 3 aromatic carbocycles. The lowest BCUT2D eigenvalue weighted by molar-refractivity contribution is 0.395. The quantitative estimate of drug-likeness (QED) is 0.586. The van der Waals surface area contributed by atoms with Gasteiger partial charge in [-0.1, -0.05) is 0 Å². The lowest BCUT2D eigenvalue weighted by Crippen LogP contribution is -1.98. The van der Waals surface area contributed by atoms with Gasteiger partial charge < -0.3 is 19.9 Å². The highest BCUT2D eigenvalue weighted by molar-refractivity contribution is 7.85. The fraction of sp³-hybridized carbons (Fsp3) is 0.111. The monoisotopic (exact) mass is 375 g/mol. The van der Waals surface area contributed by atoms with Crippen LogP contribution in [0, 0.1) is 0 Å². The summed E-state index contributed by atoms with van der Waals surface area (Å²) in [5.74, 6) is 0.983. The predicted octanol–water partition coefficient (Wildman–Crippen LogP) is 3.55. The van der Waals surface area contributed by atoms with Gasteiger partial charge in [0, 0.05) is 23.2 Å². The normalized spacial score (nSPS) is 11.3. The summed E-state index contributed by atoms with van der Waals surface area (Å²) in [6.45, 7) is 0. The Morgan fingerprint density at radius 2 is 1.73 bits per heavy atom. The minimum atomic E-state index is -4.42. The molecule has 3 aromatic rings. The number of phenols is 1. The summed E-state index contributed by atoms with van der Waals surface area (Å²) in [5, 5.41) is 14.1. The summed E-state index contributed by atoms with van der Waals surface area (Å²) in [6, 6.07) is 12.6. The third-order valence-corrected chi connectivity index (χ3v) is 4.72. The van der Waals surface area contributed by atoms with Crippen LogP contribution in [0.3, 0.4) is 0 Å². The van der Waals surface area contributed by atoms with Crippen molar-refractivity contribution in [3.8, 4) is 17.2 Å². The van der Waals surface area contributed by atoms with Gasteiger partial charge in [0.05, 0.1) is 24.8 Å². The van der Waals surface area contributed by atoms with Gasteiger partial charge in [-0.2, -0.15) is 8.42 Å². The Morgan fingerprint density at radius 3 is 2.38 bits per heavy atom. The van der Waals surface area contributed by atoms with E-state index in [9.17, 15) is 18.1 Å². The number of hydrogen-bond acceptors (Lipinski definition) is 6. The molecular formula is C18H17NO6S. The maximum atomic E-state index is 11.3. The van der Waals surface area contributed by atoms with E-state index >= 15 is 0 Å². The molecule has 0 bridgehead atoms. The number of hydrogen-bond donors (Lipinski definition) is 3. The first kappa shape index (κ1) is 17.8. The second-order valence-electron chi connectivity index (χ2n) is 5.54. The number of anilines is 2. The molecule has 26 heavy (non-hydrogen) atoms. The average molecular weight is 375 g/mol. The van der Waals surface area contributed by atoms with Gasteiger partial charge in [-0.15, -0.1) is 0 Å². The summed E-state index contributed by atoms with van der Waals surface area (Å²) < 4.78 is 42.4. The summed E-state index contributed by atoms with van der Waals surface area (Å²) in [5.41, 5.74) is 1.33. The van der Waals surface area contributed by atoms with Crippen LogP contribution in [-0.2, 0) is 10.1 Å². The smallest absolute Gasteiger partial charge is 0.294 e. The Hall–Kier alpha value is -2.97. The van der Waals surface area contributed by atoms with Crippen molar-refractivity contribution in [2.24, 2.45) is 0 Å². The van der Waals surface area contributed by atoms with Crippen LogP contribution in [0.2, 0.25) is 0 Å². The molecule has 0 atom stereocenters. The first-order valence-electron chi connectivity index (χ1n) is 7.55. The third kappa shape index (κ3) is 3.51. The lowest BCUT2D eigenvalue weighted by atomic mass is 10.1. The molecule has 7 nitrogen and oxygen atoms in total. The minimum Gasteiger partial charge on any atom is -0.507 e. The highest BCUT2D eigenvalue weighted by Gasteiger charge is 2.14. The number of benzene rings is 3. The molecule has 8 heteroatoms. The molecule has 0 spiro atoms. The van der Waals surface area contributed by atoms with Gasteiger partial charge in [0.15, 0.2) is 0 Å². The van der Waals surface area contributed by atoms with Gasteiger partial charge in [0.1, 0.15) is 17.2 Å². The average Bonchev–Trinajstić information content (AvgIpc) is 2.61. The molecule has 0 radical (unpaired) electrons. The Labute approximate surface area is 150 Å². The number of fused-ring (bicyclic) bond motifs is 1. The van der Waals surface area contributed by atoms with E-state index in [1.54, 1.807) is 43.5 Å². The molecule has 0 saturated heterocycles. The van der Waals surface area contributed by atoms with E-state index in [0.29, 0.717) is 33.6 Å². The Balaban J connectivity index is 2.04. The summed E-state index contributed by atoms with van der Waals surface area (Å²) >= 11 is 0. The molecule has 3 N–H and O–H groups in total. The minimum absolute atomic E-state index is 0.233. The van der Waals surface area contributed by atoms with Crippen LogP contribution in [0.1, 0.15) is 0 Å². The first-order chi connectivity index (χ1) is 12.3. The fourth-order valence-electron chi connectivity index (χ4n) is 2.61. The first-order valence-corrected chi connectivity index (χ1v) is 8.99. The molecule has 0 aliphatic carbocycles. The van der Waals surface area contributed by atoms with Crippen LogP contribution in [-0.4, -0.2) is 32.3 Å². The molecule has 0 aromatic heterocycles. The number of nitrogens with one attached hydrogen (secondary N) is 1. The fourth-order valence-corrected chi connectivity index (χ4v) is 3.14. The maximum absolute atomic E-state index is 11.3. The van der Waals surface area contributed by atoms with E-state index in [2.05, 4.69) is 5.32 Å². The summed E-state index contributed by atoms with van der Waals surface area (Å²) in [7, 11) is -1.32. The van der Waals surface area contributed by atoms with Crippen LogP contribution >= 0.6 is 0 Å². The SMILES string of the molecule is COc1ccc(Nc2ccc3c(O)cc(S(=O)(=O)O)cc3c2)c(OC)c1. The van der Waals surface area contributed by atoms with Crippen molar-refractivity contribution in [3.05, 3.63) is 48.5 Å². The van der Waals surface area contributed by atoms with E-state index in [1.165, 1.54) is 13.2 Å². The lowest BCUT2D eigenvalue weighted by Gasteiger charge is -2.13. The van der Waals surface area contributed by atoms with E-state index < -0.39 is 10.1 Å². The standard InChI is InChI=1S/C18H17NO6S/c1-24-13-4-6-16(18(9-13)25-2)19-12-3-5-15-11(7-12)8-14(10-17(15)20)26(21,22)23/h3-10,19-20H,1-2H3,(H,21,22,23). The Bertz CT molecular complexity index is 1080. The van der Waals surface area contributed by atoms with Crippen LogP contribution < -0.4 is 14.8 Å². The zero-order chi connectivity index (χ0) is 18.9. The summed E-state index contributed by atoms with van der Waals surface area (Å²) in [4.78, 5) is -0.373. The van der Waals surface area contributed by atoms with Crippen molar-refractivity contribution < 1.29 is 27.6 Å². The molecule has 3 rings (SSSR count). The number of methoxy groups -OCH3 is 2. The Kier molecular flexibility index (Phi) is 4.62. The second-order valence-corrected chi connectivity index (χ2v) is 6.97. The van der Waals surface area contributed by atoms with Crippen molar-refractivity contribution in [2.45, 2.75) is 4.90 Å². The zero-order valence-electron chi connectivity index (χ0n) is 14.1. The molecule has 0 unspecified atom stereocenters. The highest BCUT2D eigenvalue weighted by Crippen LogP contribution is 2.34. The second kappa shape index (κ2) is 6.74. The molecule has 0 heterocycles. The zero-order valence-corrected chi connectivity index (χ0v) is 14.9. The molecule has 0 aliphatic rings. The van der Waals surface area contributed by atoms with Gasteiger partial charge in [0.2, 0.25) is 0 Å². The van der Waals surface area contributed by atoms with Crippen LogP contribution in [0.15, 0.2) is 53.4 Å². The third-order valence-electron chi connectivity index (χ3n) is 3.89. The molecule has 0 amide bonds. The van der Waals surface area contributed by atoms with Gasteiger partial charge in [-0.25, -0.2) is 0 Å². The molecule has 0 aliphatic heterocycles. The van der Waals surface area contributed by atoms with E-state index in [4.69, 9.17) is 9.47 Å². The maximum Gasteiger partial charge on any atom is 0.294 e.